The van der Waals surface area contributed by atoms with Crippen LogP contribution in [0.2, 0.25) is 0 Å². The molecule has 0 saturated carbocycles. The molecule has 1 aromatic heterocycles. The molecular formula is C14H14N4O2. The van der Waals surface area contributed by atoms with Crippen LogP contribution in [0.5, 0.6) is 0 Å². The minimum absolute atomic E-state index is 0.0272. The predicted molar refractivity (Wildman–Crippen MR) is 74.7 cm³/mol. The molecule has 0 saturated heterocycles. The van der Waals surface area contributed by atoms with Crippen molar-refractivity contribution in [1.82, 2.24) is 10.2 Å². The molecule has 3 rings (SSSR count). The maximum Gasteiger partial charge on any atom is 0.255 e. The third-order valence-corrected chi connectivity index (χ3v) is 3.37. The summed E-state index contributed by atoms with van der Waals surface area (Å²) < 4.78 is 0. The van der Waals surface area contributed by atoms with Gasteiger partial charge in [-0.1, -0.05) is 0 Å². The molecule has 0 spiro atoms. The summed E-state index contributed by atoms with van der Waals surface area (Å²) in [7, 11) is 0. The Hall–Kier alpha value is -2.63. The van der Waals surface area contributed by atoms with Gasteiger partial charge in [0.25, 0.3) is 5.91 Å². The lowest BCUT2D eigenvalue weighted by Gasteiger charge is -2.14. The zero-order chi connectivity index (χ0) is 14.1. The average Bonchev–Trinajstić information content (AvgIpc) is 3.06. The molecule has 1 aromatic carbocycles. The number of hydrogen-bond acceptors (Lipinski definition) is 3. The molecule has 102 valence electrons. The molecule has 1 aliphatic heterocycles. The van der Waals surface area contributed by atoms with Crippen molar-refractivity contribution in [3.63, 3.8) is 0 Å². The van der Waals surface area contributed by atoms with Gasteiger partial charge < -0.3 is 10.2 Å². The Morgan fingerprint density at radius 3 is 2.95 bits per heavy atom. The first-order chi connectivity index (χ1) is 9.65. The Bertz CT molecular complexity index is 664. The van der Waals surface area contributed by atoms with Gasteiger partial charge in [0.2, 0.25) is 5.91 Å². The molecule has 0 radical (unpaired) electrons. The molecule has 1 aliphatic rings. The number of hydrogen-bond donors (Lipinski definition) is 2. The number of rotatable bonds is 2. The van der Waals surface area contributed by atoms with E-state index in [0.29, 0.717) is 17.8 Å². The van der Waals surface area contributed by atoms with E-state index in [1.165, 1.54) is 0 Å². The Balaban J connectivity index is 1.83. The highest BCUT2D eigenvalue weighted by atomic mass is 16.2. The van der Waals surface area contributed by atoms with Crippen LogP contribution in [0.15, 0.2) is 30.6 Å². The summed E-state index contributed by atoms with van der Waals surface area (Å²) in [5.74, 6) is -0.158. The highest BCUT2D eigenvalue weighted by molar-refractivity contribution is 6.05. The van der Waals surface area contributed by atoms with E-state index in [9.17, 15) is 9.59 Å². The van der Waals surface area contributed by atoms with E-state index < -0.39 is 0 Å². The molecule has 0 atom stereocenters. The molecule has 6 nitrogen and oxygen atoms in total. The lowest BCUT2D eigenvalue weighted by Crippen LogP contribution is -2.25. The number of anilines is 2. The third kappa shape index (κ3) is 2.16. The van der Waals surface area contributed by atoms with Crippen molar-refractivity contribution in [1.29, 1.82) is 0 Å². The predicted octanol–water partition coefficient (Wildman–Crippen LogP) is 1.57. The summed E-state index contributed by atoms with van der Waals surface area (Å²) in [5.41, 5.74) is 3.13. The van der Waals surface area contributed by atoms with Crippen LogP contribution in [-0.4, -0.2) is 28.6 Å². The van der Waals surface area contributed by atoms with Crippen LogP contribution in [0.25, 0.3) is 0 Å². The minimum atomic E-state index is -0.185. The minimum Gasteiger partial charge on any atom is -0.319 e. The van der Waals surface area contributed by atoms with Gasteiger partial charge in [-0.2, -0.15) is 5.10 Å². The quantitative estimate of drug-likeness (QED) is 0.869. The van der Waals surface area contributed by atoms with E-state index in [1.54, 1.807) is 30.3 Å². The van der Waals surface area contributed by atoms with E-state index >= 15 is 0 Å². The zero-order valence-corrected chi connectivity index (χ0v) is 11.0. The van der Waals surface area contributed by atoms with Crippen LogP contribution in [0.4, 0.5) is 11.4 Å². The van der Waals surface area contributed by atoms with Crippen LogP contribution >= 0.6 is 0 Å². The van der Waals surface area contributed by atoms with Gasteiger partial charge in [0.1, 0.15) is 0 Å². The average molecular weight is 270 g/mol. The monoisotopic (exact) mass is 270 g/mol. The van der Waals surface area contributed by atoms with Crippen molar-refractivity contribution in [3.05, 3.63) is 41.7 Å². The van der Waals surface area contributed by atoms with Crippen molar-refractivity contribution < 1.29 is 9.59 Å². The summed E-state index contributed by atoms with van der Waals surface area (Å²) in [6.45, 7) is 2.23. The largest absolute Gasteiger partial charge is 0.319 e. The maximum absolute atomic E-state index is 12.1. The van der Waals surface area contributed by atoms with E-state index in [1.807, 2.05) is 12.1 Å². The smallest absolute Gasteiger partial charge is 0.255 e. The van der Waals surface area contributed by atoms with Crippen molar-refractivity contribution in [2.75, 3.05) is 16.8 Å². The summed E-state index contributed by atoms with van der Waals surface area (Å²) in [6, 6.07) is 5.40. The number of fused-ring (bicyclic) bond motifs is 1. The molecule has 2 heterocycles. The topological polar surface area (TPSA) is 78.1 Å². The normalized spacial score (nSPS) is 13.2. The second kappa shape index (κ2) is 4.80. The third-order valence-electron chi connectivity index (χ3n) is 3.37. The standard InChI is InChI=1S/C14H14N4O2/c1-9(19)18-5-4-10-6-11(2-3-13(10)18)14(20)17-12-7-15-16-8-12/h2-3,6-8H,4-5H2,1H3,(H,15,16)(H,17,20). The number of carbonyl (C=O) groups excluding carboxylic acids is 2. The molecule has 2 amide bonds. The molecule has 2 N–H and O–H groups in total. The number of amides is 2. The van der Waals surface area contributed by atoms with Gasteiger partial charge in [-0.3, -0.25) is 14.7 Å². The first-order valence-electron chi connectivity index (χ1n) is 6.36. The van der Waals surface area contributed by atoms with Gasteiger partial charge in [-0.25, -0.2) is 0 Å². The maximum atomic E-state index is 12.1. The molecule has 0 bridgehead atoms. The number of aromatic nitrogens is 2. The molecule has 6 heteroatoms. The van der Waals surface area contributed by atoms with Gasteiger partial charge in [0.05, 0.1) is 11.9 Å². The Labute approximate surface area is 115 Å². The van der Waals surface area contributed by atoms with E-state index in [0.717, 1.165) is 17.7 Å². The Morgan fingerprint density at radius 2 is 2.25 bits per heavy atom. The number of carbonyl (C=O) groups is 2. The van der Waals surface area contributed by atoms with Gasteiger partial charge in [0.15, 0.2) is 0 Å². The first-order valence-corrected chi connectivity index (χ1v) is 6.36. The van der Waals surface area contributed by atoms with E-state index in [2.05, 4.69) is 15.5 Å². The lowest BCUT2D eigenvalue weighted by molar-refractivity contribution is -0.116. The molecule has 0 fully saturated rings. The second-order valence-electron chi connectivity index (χ2n) is 4.71. The summed E-state index contributed by atoms with van der Waals surface area (Å²) >= 11 is 0. The SMILES string of the molecule is CC(=O)N1CCc2cc(C(=O)Nc3cn[nH]c3)ccc21. The van der Waals surface area contributed by atoms with Gasteiger partial charge in [0, 0.05) is 30.9 Å². The highest BCUT2D eigenvalue weighted by Gasteiger charge is 2.23. The van der Waals surface area contributed by atoms with Gasteiger partial charge in [-0.15, -0.1) is 0 Å². The second-order valence-corrected chi connectivity index (χ2v) is 4.71. The number of aromatic amines is 1. The fraction of sp³-hybridized carbons (Fsp3) is 0.214. The van der Waals surface area contributed by atoms with Crippen LogP contribution in [0, 0.1) is 0 Å². The van der Waals surface area contributed by atoms with Gasteiger partial charge in [-0.05, 0) is 30.2 Å². The van der Waals surface area contributed by atoms with E-state index in [-0.39, 0.29) is 11.8 Å². The lowest BCUT2D eigenvalue weighted by atomic mass is 10.1. The number of nitrogens with one attached hydrogen (secondary N) is 2. The molecule has 0 unspecified atom stereocenters. The zero-order valence-electron chi connectivity index (χ0n) is 11.0. The number of benzene rings is 1. The van der Waals surface area contributed by atoms with Crippen molar-refractivity contribution >= 4 is 23.2 Å². The van der Waals surface area contributed by atoms with Crippen molar-refractivity contribution in [2.24, 2.45) is 0 Å². The summed E-state index contributed by atoms with van der Waals surface area (Å²) in [5, 5.41) is 9.16. The molecule has 20 heavy (non-hydrogen) atoms. The van der Waals surface area contributed by atoms with Crippen LogP contribution in [-0.2, 0) is 11.2 Å². The van der Waals surface area contributed by atoms with Crippen LogP contribution in [0.3, 0.4) is 0 Å². The van der Waals surface area contributed by atoms with E-state index in [4.69, 9.17) is 0 Å². The molecule has 2 aromatic rings. The molecule has 0 aliphatic carbocycles. The van der Waals surface area contributed by atoms with Crippen LogP contribution in [0.1, 0.15) is 22.8 Å². The Kier molecular flexibility index (Phi) is 2.98. The van der Waals surface area contributed by atoms with Crippen LogP contribution < -0.4 is 10.2 Å². The summed E-state index contributed by atoms with van der Waals surface area (Å²) in [6.07, 6.45) is 3.94. The van der Waals surface area contributed by atoms with Crippen molar-refractivity contribution in [2.45, 2.75) is 13.3 Å². The summed E-state index contributed by atoms with van der Waals surface area (Å²) in [4.78, 5) is 25.3. The fourth-order valence-electron chi connectivity index (χ4n) is 2.39. The number of H-pyrrole nitrogens is 1. The fourth-order valence-corrected chi connectivity index (χ4v) is 2.39. The molecular weight excluding hydrogens is 256 g/mol. The van der Waals surface area contributed by atoms with Gasteiger partial charge >= 0.3 is 0 Å². The first kappa shape index (κ1) is 12.4. The number of nitrogens with zero attached hydrogens (tertiary/aromatic N) is 2. The van der Waals surface area contributed by atoms with Crippen molar-refractivity contribution in [3.8, 4) is 0 Å². The Morgan fingerprint density at radius 1 is 1.40 bits per heavy atom. The highest BCUT2D eigenvalue weighted by Crippen LogP contribution is 2.29.